The minimum absolute atomic E-state index is 0. The van der Waals surface area contributed by atoms with Crippen molar-refractivity contribution in [2.24, 2.45) is 0 Å². The van der Waals surface area contributed by atoms with Crippen LogP contribution in [0.5, 0.6) is 0 Å². The molecule has 1 radical (unpaired) electrons. The summed E-state index contributed by atoms with van der Waals surface area (Å²) >= 11 is 0. The van der Waals surface area contributed by atoms with Gasteiger partial charge < -0.3 is 12.4 Å². The molecule has 0 aliphatic heterocycles. The third-order valence-electron chi connectivity index (χ3n) is 2.37. The van der Waals surface area contributed by atoms with E-state index in [4.69, 9.17) is 0 Å². The van der Waals surface area contributed by atoms with Gasteiger partial charge in [0.1, 0.15) is 0 Å². The predicted octanol–water partition coefficient (Wildman–Crippen LogP) is 0.257. The van der Waals surface area contributed by atoms with E-state index >= 15 is 0 Å². The molecular formula is C14H15ClN2Pt-. The maximum absolute atomic E-state index is 4.59. The molecule has 2 nitrogen and oxygen atoms in total. The molecule has 0 amide bonds. The van der Waals surface area contributed by atoms with Gasteiger partial charge in [-0.15, -0.1) is 0 Å². The molecule has 0 spiro atoms. The van der Waals surface area contributed by atoms with Crippen molar-refractivity contribution < 1.29 is 33.5 Å². The Labute approximate surface area is 129 Å². The number of nitrogens with zero attached hydrogens (tertiary/aromatic N) is 2. The van der Waals surface area contributed by atoms with E-state index in [1.807, 2.05) is 36.4 Å². The fraction of sp³-hybridized carbons (Fsp3) is 0.214. The second kappa shape index (κ2) is 7.01. The fourth-order valence-corrected chi connectivity index (χ4v) is 1.47. The molecular weight excluding hydrogens is 427 g/mol. The molecule has 2 rings (SSSR count). The Hall–Kier alpha value is -0.722. The van der Waals surface area contributed by atoms with Crippen LogP contribution in [-0.4, -0.2) is 9.97 Å². The minimum Gasteiger partial charge on any atom is -1.00 e. The summed E-state index contributed by atoms with van der Waals surface area (Å²) < 4.78 is 0. The summed E-state index contributed by atoms with van der Waals surface area (Å²) in [5, 5.41) is 0. The maximum Gasteiger partial charge on any atom is 0.0889 e. The topological polar surface area (TPSA) is 25.8 Å². The van der Waals surface area contributed by atoms with Crippen LogP contribution in [0.25, 0.3) is 11.4 Å². The van der Waals surface area contributed by atoms with Crippen LogP contribution in [0, 0.1) is 6.92 Å². The first kappa shape index (κ1) is 17.3. The molecule has 0 aliphatic rings. The summed E-state index contributed by atoms with van der Waals surface area (Å²) in [6.07, 6.45) is 1.78. The molecule has 0 bridgehead atoms. The van der Waals surface area contributed by atoms with Crippen LogP contribution >= 0.6 is 0 Å². The van der Waals surface area contributed by atoms with Gasteiger partial charge in [0.2, 0.25) is 0 Å². The van der Waals surface area contributed by atoms with E-state index in [-0.39, 0.29) is 38.9 Å². The van der Waals surface area contributed by atoms with Crippen molar-refractivity contribution in [3.05, 3.63) is 55.2 Å². The van der Waals surface area contributed by atoms with Gasteiger partial charge in [-0.05, 0) is 31.2 Å². The van der Waals surface area contributed by atoms with Crippen LogP contribution in [0.4, 0.5) is 0 Å². The Morgan fingerprint density at radius 2 is 1.67 bits per heavy atom. The number of hydrogen-bond donors (Lipinski definition) is 0. The van der Waals surface area contributed by atoms with Gasteiger partial charge in [0, 0.05) is 38.4 Å². The first-order valence-corrected chi connectivity index (χ1v) is 5.32. The van der Waals surface area contributed by atoms with Crippen molar-refractivity contribution in [1.29, 1.82) is 0 Å². The quantitative estimate of drug-likeness (QED) is 0.668. The van der Waals surface area contributed by atoms with Crippen LogP contribution in [-0.2, 0) is 26.5 Å². The standard InChI is InChI=1S/C14H15N2.ClH.Pt/c1-14(2,3)13-9-6-8-12(16-13)11-7-4-5-10-15-11;;/h4-10H,1H2,2-3H3;1H;/p-1. The van der Waals surface area contributed by atoms with Crippen molar-refractivity contribution in [3.63, 3.8) is 0 Å². The van der Waals surface area contributed by atoms with E-state index in [1.165, 1.54) is 0 Å². The number of rotatable bonds is 2. The molecule has 0 aromatic carbocycles. The van der Waals surface area contributed by atoms with E-state index in [0.29, 0.717) is 0 Å². The molecule has 2 heterocycles. The average Bonchev–Trinajstić information content (AvgIpc) is 2.29. The molecule has 0 saturated heterocycles. The molecule has 4 heteroatoms. The van der Waals surface area contributed by atoms with Crippen LogP contribution in [0.2, 0.25) is 0 Å². The molecule has 18 heavy (non-hydrogen) atoms. The SMILES string of the molecule is [CH2]C(C)(C)c1cccc(-c2ccccn2)n1.[Cl-].[Pt]. The summed E-state index contributed by atoms with van der Waals surface area (Å²) in [7, 11) is 0. The Kier molecular flexibility index (Phi) is 6.73. The summed E-state index contributed by atoms with van der Waals surface area (Å²) in [4.78, 5) is 8.88. The second-order valence-corrected chi connectivity index (χ2v) is 4.51. The number of hydrogen-bond acceptors (Lipinski definition) is 2. The van der Waals surface area contributed by atoms with Crippen molar-refractivity contribution in [2.45, 2.75) is 19.3 Å². The first-order chi connectivity index (χ1) is 7.57. The molecule has 0 unspecified atom stereocenters. The van der Waals surface area contributed by atoms with E-state index < -0.39 is 0 Å². The molecule has 2 aromatic heterocycles. The maximum atomic E-state index is 4.59. The summed E-state index contributed by atoms with van der Waals surface area (Å²) in [6, 6.07) is 11.8. The van der Waals surface area contributed by atoms with E-state index in [0.717, 1.165) is 17.1 Å². The van der Waals surface area contributed by atoms with Gasteiger partial charge in [0.25, 0.3) is 0 Å². The van der Waals surface area contributed by atoms with Gasteiger partial charge in [0.05, 0.1) is 11.4 Å². The van der Waals surface area contributed by atoms with Crippen LogP contribution in [0.3, 0.4) is 0 Å². The molecule has 99 valence electrons. The van der Waals surface area contributed by atoms with Crippen molar-refractivity contribution in [1.82, 2.24) is 9.97 Å². The normalized spacial score (nSPS) is 10.2. The van der Waals surface area contributed by atoms with Gasteiger partial charge >= 0.3 is 0 Å². The zero-order chi connectivity index (χ0) is 11.6. The number of halogens is 1. The predicted molar refractivity (Wildman–Crippen MR) is 65.9 cm³/mol. The monoisotopic (exact) mass is 441 g/mol. The van der Waals surface area contributed by atoms with Gasteiger partial charge in [-0.3, -0.25) is 9.97 Å². The summed E-state index contributed by atoms with van der Waals surface area (Å²) in [6.45, 7) is 8.20. The smallest absolute Gasteiger partial charge is 0.0889 e. The third kappa shape index (κ3) is 4.19. The second-order valence-electron chi connectivity index (χ2n) is 4.51. The van der Waals surface area contributed by atoms with Crippen molar-refractivity contribution in [3.8, 4) is 11.4 Å². The third-order valence-corrected chi connectivity index (χ3v) is 2.37. The Bertz CT molecular complexity index is 481. The van der Waals surface area contributed by atoms with Gasteiger partial charge in [-0.1, -0.05) is 26.0 Å². The summed E-state index contributed by atoms with van der Waals surface area (Å²) in [5.74, 6) is 0. The fourth-order valence-electron chi connectivity index (χ4n) is 1.47. The largest absolute Gasteiger partial charge is 1.00 e. The zero-order valence-electron chi connectivity index (χ0n) is 10.3. The van der Waals surface area contributed by atoms with Crippen LogP contribution in [0.1, 0.15) is 19.5 Å². The molecule has 0 aliphatic carbocycles. The first-order valence-electron chi connectivity index (χ1n) is 5.32. The van der Waals surface area contributed by atoms with Gasteiger partial charge in [0.15, 0.2) is 0 Å². The molecule has 0 atom stereocenters. The molecule has 0 N–H and O–H groups in total. The van der Waals surface area contributed by atoms with E-state index in [2.05, 4.69) is 30.7 Å². The van der Waals surface area contributed by atoms with Crippen molar-refractivity contribution >= 4 is 0 Å². The van der Waals surface area contributed by atoms with Crippen LogP contribution < -0.4 is 12.4 Å². The Morgan fingerprint density at radius 3 is 2.22 bits per heavy atom. The number of aromatic nitrogens is 2. The molecule has 2 aromatic rings. The summed E-state index contributed by atoms with van der Waals surface area (Å²) in [5.41, 5.74) is 2.60. The van der Waals surface area contributed by atoms with Gasteiger partial charge in [-0.25, -0.2) is 0 Å². The minimum atomic E-state index is -0.176. The van der Waals surface area contributed by atoms with E-state index in [9.17, 15) is 0 Å². The van der Waals surface area contributed by atoms with Crippen LogP contribution in [0.15, 0.2) is 42.6 Å². The molecule has 0 fully saturated rings. The van der Waals surface area contributed by atoms with E-state index in [1.54, 1.807) is 6.20 Å². The van der Waals surface area contributed by atoms with Gasteiger partial charge in [-0.2, -0.15) is 0 Å². The Balaban J connectivity index is 0.00000144. The number of pyridine rings is 2. The van der Waals surface area contributed by atoms with Crippen molar-refractivity contribution in [2.75, 3.05) is 0 Å². The molecule has 0 saturated carbocycles. The Morgan fingerprint density at radius 1 is 1.00 bits per heavy atom. The average molecular weight is 442 g/mol. The zero-order valence-corrected chi connectivity index (χ0v) is 13.4.